The van der Waals surface area contributed by atoms with Crippen LogP contribution in [0, 0.1) is 17.0 Å². The Morgan fingerprint density at radius 2 is 1.65 bits per heavy atom. The number of hydrogen-bond donors (Lipinski definition) is 0. The molecular formula is C22H30N6O5S. The number of non-ortho nitro benzene ring substituents is 1. The molecule has 2 aliphatic heterocycles. The quantitative estimate of drug-likeness (QED) is 0.443. The molecule has 0 spiro atoms. The first kappa shape index (κ1) is 24.3. The van der Waals surface area contributed by atoms with Gasteiger partial charge in [0.05, 0.1) is 23.8 Å². The Morgan fingerprint density at radius 3 is 2.26 bits per heavy atom. The Hall–Kier alpha value is -2.83. The van der Waals surface area contributed by atoms with E-state index in [9.17, 15) is 18.5 Å². The molecule has 0 bridgehead atoms. The van der Waals surface area contributed by atoms with Crippen molar-refractivity contribution in [1.82, 2.24) is 14.3 Å². The number of piperazine rings is 1. The van der Waals surface area contributed by atoms with E-state index in [2.05, 4.69) is 23.7 Å². The van der Waals surface area contributed by atoms with Crippen LogP contribution in [-0.4, -0.2) is 80.1 Å². The highest BCUT2D eigenvalue weighted by atomic mass is 32.2. The summed E-state index contributed by atoms with van der Waals surface area (Å²) in [4.78, 5) is 24.2. The Kier molecular flexibility index (Phi) is 7.01. The zero-order valence-electron chi connectivity index (χ0n) is 19.7. The summed E-state index contributed by atoms with van der Waals surface area (Å²) in [5.74, 6) is 1.88. The van der Waals surface area contributed by atoms with Gasteiger partial charge in [-0.1, -0.05) is 13.8 Å². The predicted octanol–water partition coefficient (Wildman–Crippen LogP) is 2.16. The van der Waals surface area contributed by atoms with E-state index in [4.69, 9.17) is 9.72 Å². The topological polar surface area (TPSA) is 122 Å². The van der Waals surface area contributed by atoms with Crippen molar-refractivity contribution in [2.24, 2.45) is 0 Å². The molecule has 12 heteroatoms. The molecule has 4 rings (SSSR count). The van der Waals surface area contributed by atoms with E-state index in [-0.39, 0.29) is 29.6 Å². The minimum Gasteiger partial charge on any atom is -0.379 e. The van der Waals surface area contributed by atoms with Crippen LogP contribution < -0.4 is 9.80 Å². The lowest BCUT2D eigenvalue weighted by atomic mass is 10.2. The van der Waals surface area contributed by atoms with Crippen molar-refractivity contribution in [2.75, 3.05) is 62.3 Å². The Labute approximate surface area is 199 Å². The molecule has 2 saturated heterocycles. The predicted molar refractivity (Wildman–Crippen MR) is 128 cm³/mol. The molecule has 0 atom stereocenters. The number of ether oxygens (including phenoxy) is 1. The second kappa shape index (κ2) is 9.80. The highest BCUT2D eigenvalue weighted by Crippen LogP contribution is 2.33. The monoisotopic (exact) mass is 490 g/mol. The molecule has 2 aliphatic rings. The third-order valence-corrected chi connectivity index (χ3v) is 7.99. The number of rotatable bonds is 6. The fourth-order valence-corrected chi connectivity index (χ4v) is 5.82. The van der Waals surface area contributed by atoms with E-state index < -0.39 is 14.9 Å². The molecule has 34 heavy (non-hydrogen) atoms. The van der Waals surface area contributed by atoms with E-state index in [0.29, 0.717) is 45.1 Å². The summed E-state index contributed by atoms with van der Waals surface area (Å²) in [7, 11) is -3.91. The number of nitro groups is 1. The number of hydrogen-bond acceptors (Lipinski definition) is 9. The summed E-state index contributed by atoms with van der Waals surface area (Å²) in [6.45, 7) is 9.53. The van der Waals surface area contributed by atoms with Crippen molar-refractivity contribution in [1.29, 1.82) is 0 Å². The highest BCUT2D eigenvalue weighted by molar-refractivity contribution is 7.89. The van der Waals surface area contributed by atoms with Gasteiger partial charge in [0, 0.05) is 69.1 Å². The molecule has 1 aromatic heterocycles. The zero-order valence-corrected chi connectivity index (χ0v) is 20.5. The van der Waals surface area contributed by atoms with Crippen LogP contribution in [0.2, 0.25) is 0 Å². The average Bonchev–Trinajstić information content (AvgIpc) is 2.84. The second-order valence-corrected chi connectivity index (χ2v) is 10.7. The van der Waals surface area contributed by atoms with Crippen LogP contribution in [0.4, 0.5) is 17.2 Å². The number of aromatic nitrogens is 2. The minimum atomic E-state index is -3.91. The third kappa shape index (κ3) is 4.98. The van der Waals surface area contributed by atoms with Crippen LogP contribution in [0.25, 0.3) is 0 Å². The van der Waals surface area contributed by atoms with E-state index in [1.54, 1.807) is 6.07 Å². The van der Waals surface area contributed by atoms with Gasteiger partial charge in [-0.15, -0.1) is 0 Å². The molecule has 2 fully saturated rings. The van der Waals surface area contributed by atoms with Crippen molar-refractivity contribution < 1.29 is 18.1 Å². The van der Waals surface area contributed by atoms with Gasteiger partial charge in [-0.2, -0.15) is 4.31 Å². The molecule has 0 radical (unpaired) electrons. The Balaban J connectivity index is 1.60. The second-order valence-electron chi connectivity index (χ2n) is 8.78. The van der Waals surface area contributed by atoms with Gasteiger partial charge in [-0.05, 0) is 13.0 Å². The number of nitro benzene ring substituents is 1. The first-order valence-corrected chi connectivity index (χ1v) is 12.8. The number of aryl methyl sites for hydroxylation is 1. The fourth-order valence-electron chi connectivity index (χ4n) is 4.18. The van der Waals surface area contributed by atoms with Crippen molar-refractivity contribution in [3.8, 4) is 0 Å². The normalized spacial score (nSPS) is 17.9. The number of sulfonamides is 1. The van der Waals surface area contributed by atoms with Gasteiger partial charge in [-0.3, -0.25) is 10.1 Å². The van der Waals surface area contributed by atoms with Crippen LogP contribution in [0.1, 0.15) is 31.3 Å². The summed E-state index contributed by atoms with van der Waals surface area (Å²) >= 11 is 0. The first-order chi connectivity index (χ1) is 16.2. The van der Waals surface area contributed by atoms with E-state index in [1.165, 1.54) is 16.4 Å². The summed E-state index contributed by atoms with van der Waals surface area (Å²) in [6.07, 6.45) is 0. The SMILES string of the molecule is Cc1cc(N2CCN(c3ccc([N+](=O)[O-])cc3S(=O)(=O)N3CCOCC3)CC2)nc(C(C)C)n1. The number of morpholine rings is 1. The average molecular weight is 491 g/mol. The van der Waals surface area contributed by atoms with Gasteiger partial charge in [0.25, 0.3) is 5.69 Å². The lowest BCUT2D eigenvalue weighted by Crippen LogP contribution is -2.48. The molecule has 1 aromatic carbocycles. The van der Waals surface area contributed by atoms with Crippen LogP contribution in [-0.2, 0) is 14.8 Å². The van der Waals surface area contributed by atoms with Gasteiger partial charge in [-0.25, -0.2) is 18.4 Å². The van der Waals surface area contributed by atoms with Gasteiger partial charge in [0.2, 0.25) is 10.0 Å². The van der Waals surface area contributed by atoms with Gasteiger partial charge >= 0.3 is 0 Å². The Bertz CT molecular complexity index is 1160. The summed E-state index contributed by atoms with van der Waals surface area (Å²) < 4.78 is 33.5. The van der Waals surface area contributed by atoms with E-state index in [1.807, 2.05) is 17.9 Å². The molecule has 3 heterocycles. The van der Waals surface area contributed by atoms with Crippen molar-refractivity contribution in [2.45, 2.75) is 31.6 Å². The van der Waals surface area contributed by atoms with Crippen molar-refractivity contribution in [3.05, 3.63) is 45.9 Å². The minimum absolute atomic E-state index is 0.0305. The van der Waals surface area contributed by atoms with Gasteiger partial charge < -0.3 is 14.5 Å². The number of nitrogens with zero attached hydrogens (tertiary/aromatic N) is 6. The first-order valence-electron chi connectivity index (χ1n) is 11.4. The van der Waals surface area contributed by atoms with Crippen LogP contribution in [0.3, 0.4) is 0 Å². The molecule has 2 aromatic rings. The van der Waals surface area contributed by atoms with Crippen LogP contribution in [0.5, 0.6) is 0 Å². The van der Waals surface area contributed by atoms with E-state index >= 15 is 0 Å². The largest absolute Gasteiger partial charge is 0.379 e. The Morgan fingerprint density at radius 1 is 1.00 bits per heavy atom. The number of benzene rings is 1. The van der Waals surface area contributed by atoms with Gasteiger partial charge in [0.1, 0.15) is 16.5 Å². The molecule has 0 unspecified atom stereocenters. The molecule has 184 valence electrons. The molecule has 0 aliphatic carbocycles. The van der Waals surface area contributed by atoms with Gasteiger partial charge in [0.15, 0.2) is 0 Å². The fraction of sp³-hybridized carbons (Fsp3) is 0.545. The highest BCUT2D eigenvalue weighted by Gasteiger charge is 2.33. The van der Waals surface area contributed by atoms with Crippen LogP contribution in [0.15, 0.2) is 29.2 Å². The third-order valence-electron chi connectivity index (χ3n) is 6.06. The maximum atomic E-state index is 13.4. The standard InChI is InChI=1S/C22H30N6O5S/c1-16(2)22-23-17(3)14-21(24-22)26-8-6-25(7-9-26)19-5-4-18(28(29)30)15-20(19)34(31,32)27-10-12-33-13-11-27/h4-5,14-16H,6-13H2,1-3H3. The van der Waals surface area contributed by atoms with Crippen molar-refractivity contribution >= 4 is 27.2 Å². The summed E-state index contributed by atoms with van der Waals surface area (Å²) in [5, 5.41) is 11.4. The van der Waals surface area contributed by atoms with Crippen LogP contribution >= 0.6 is 0 Å². The lowest BCUT2D eigenvalue weighted by Gasteiger charge is -2.38. The maximum absolute atomic E-state index is 13.4. The lowest BCUT2D eigenvalue weighted by molar-refractivity contribution is -0.385. The summed E-state index contributed by atoms with van der Waals surface area (Å²) in [5.41, 5.74) is 1.15. The van der Waals surface area contributed by atoms with Crippen molar-refractivity contribution in [3.63, 3.8) is 0 Å². The molecule has 11 nitrogen and oxygen atoms in total. The summed E-state index contributed by atoms with van der Waals surface area (Å²) in [6, 6.07) is 6.05. The smallest absolute Gasteiger partial charge is 0.270 e. The molecule has 0 saturated carbocycles. The van der Waals surface area contributed by atoms with E-state index in [0.717, 1.165) is 17.3 Å². The molecule has 0 N–H and O–H groups in total. The number of anilines is 2. The molecule has 0 amide bonds. The molecular weight excluding hydrogens is 460 g/mol. The zero-order chi connectivity index (χ0) is 24.5. The maximum Gasteiger partial charge on any atom is 0.270 e.